The molecule has 600 valence electrons. The van der Waals surface area contributed by atoms with Crippen molar-refractivity contribution in [3.63, 3.8) is 0 Å². The summed E-state index contributed by atoms with van der Waals surface area (Å²) in [6.45, 7) is 0. The van der Waals surface area contributed by atoms with Crippen LogP contribution in [0, 0.1) is 23.2 Å². The molecule has 18 aromatic rings. The number of hydrogen-bond donors (Lipinski definition) is 12. The van der Waals surface area contributed by atoms with Crippen LogP contribution in [0.1, 0.15) is 107 Å². The van der Waals surface area contributed by atoms with Gasteiger partial charge in [0.05, 0.1) is 89.0 Å². The number of imidazole rings is 4. The Bertz CT molecular complexity index is 7180. The number of aromatic carboxylic acids is 2. The van der Waals surface area contributed by atoms with Crippen molar-refractivity contribution in [2.75, 3.05) is 22.9 Å². The van der Waals surface area contributed by atoms with Crippen LogP contribution in [0.25, 0.3) is 134 Å². The Kier molecular flexibility index (Phi) is 20.1. The minimum atomic E-state index is -4.49. The number of hydrogen-bond acceptors (Lipinski definition) is 17. The molecule has 120 heavy (non-hydrogen) atoms. The first-order valence-corrected chi connectivity index (χ1v) is 38.5. The fourth-order valence-electron chi connectivity index (χ4n) is 16.2. The van der Waals surface area contributed by atoms with Crippen LogP contribution in [0.15, 0.2) is 195 Å². The molecule has 0 aliphatic heterocycles. The number of nitrogens with two attached hydrogens (primary N) is 4. The first kappa shape index (κ1) is 77.5. The van der Waals surface area contributed by atoms with Crippen molar-refractivity contribution in [2.45, 2.75) is 69.4 Å². The number of benzene rings is 6. The van der Waals surface area contributed by atoms with Crippen molar-refractivity contribution < 1.29 is 52.8 Å². The van der Waals surface area contributed by atoms with Crippen LogP contribution in [-0.4, -0.2) is 122 Å². The molecule has 2 saturated carbocycles. The number of rotatable bonds is 12. The van der Waals surface area contributed by atoms with Crippen LogP contribution in [0.3, 0.4) is 0 Å². The minimum absolute atomic E-state index is 0.0119. The van der Waals surface area contributed by atoms with Gasteiger partial charge in [0.2, 0.25) is 0 Å². The van der Waals surface area contributed by atoms with Crippen LogP contribution < -0.4 is 22.9 Å². The molecule has 20 rings (SSSR count). The van der Waals surface area contributed by atoms with E-state index >= 15 is 0 Å². The fraction of sp³-hybridized carbons (Fsp3) is 0.151. The van der Waals surface area contributed by atoms with Gasteiger partial charge in [0.1, 0.15) is 97.5 Å². The Morgan fingerprint density at radius 2 is 0.792 bits per heavy atom. The highest BCUT2D eigenvalue weighted by molar-refractivity contribution is 6.35. The number of nitriles is 1. The smallest absolute Gasteiger partial charge is 0.418 e. The molecule has 0 saturated heterocycles. The lowest BCUT2D eigenvalue weighted by Crippen LogP contribution is -2.21. The molecule has 6 aromatic carbocycles. The summed E-state index contributed by atoms with van der Waals surface area (Å²) in [6.07, 6.45) is 14.2. The maximum Gasteiger partial charge on any atom is 0.418 e. The number of halogens is 5. The van der Waals surface area contributed by atoms with Crippen molar-refractivity contribution in [3.8, 4) is 74.4 Å². The normalized spacial score (nSPS) is 15.5. The lowest BCUT2D eigenvalue weighted by Gasteiger charge is -2.25. The topological polar surface area (TPSA) is 461 Å². The highest BCUT2D eigenvalue weighted by atomic mass is 35.5. The van der Waals surface area contributed by atoms with E-state index < -0.39 is 35.6 Å². The summed E-state index contributed by atoms with van der Waals surface area (Å²) in [5, 5.41) is 50.9. The summed E-state index contributed by atoms with van der Waals surface area (Å²) in [5.41, 5.74) is 36.3. The molecule has 0 atom stereocenters. The molecule has 12 heterocycles. The second kappa shape index (κ2) is 31.2. The van der Waals surface area contributed by atoms with Crippen molar-refractivity contribution in [1.82, 2.24) is 77.4 Å². The highest BCUT2D eigenvalue weighted by Crippen LogP contribution is 2.45. The number of nitrogens with one attached hydrogen (secondary N) is 4. The maximum absolute atomic E-state index is 13.5. The van der Waals surface area contributed by atoms with Crippen molar-refractivity contribution >= 4 is 136 Å². The van der Waals surface area contributed by atoms with Gasteiger partial charge in [0, 0.05) is 94.1 Å². The quantitative estimate of drug-likeness (QED) is 0.0540. The molecule has 0 unspecified atom stereocenters. The van der Waals surface area contributed by atoms with Gasteiger partial charge >= 0.3 is 30.1 Å². The number of nitrogens with zero attached hydrogens (tertiary/aromatic N) is 13. The van der Waals surface area contributed by atoms with Crippen LogP contribution >= 0.6 is 23.2 Å². The molecule has 34 heteroatoms. The number of alkyl halides is 3. The van der Waals surface area contributed by atoms with E-state index in [1.807, 2.05) is 96.6 Å². The van der Waals surface area contributed by atoms with Gasteiger partial charge < -0.3 is 63.3 Å². The van der Waals surface area contributed by atoms with Crippen LogP contribution in [0.5, 0.6) is 0 Å². The van der Waals surface area contributed by atoms with E-state index in [1.165, 1.54) is 12.1 Å². The SMILES string of the molecule is N#Cc1cccc2cc(-c3nc(C4CCC(C(=O)O)CC4)n4ccnc(N)c34)[nH]c12.Nc1nccn2c(-c3ccc(C(=O)O)cc3)nc(-c3cc4cccc(Cl)c4[nH]3)c12.Nc1nccn2c(-c3cccc(C(=O)O)c3)nc(-c3cc4cccc(Cl)c4[nH]3)c12.Nc1nccn2c(C3CCC(C(=O)O)CC3)nc(-c3cc4cccc(C(F)(F)F)c4[nH]3)c12. The van der Waals surface area contributed by atoms with Gasteiger partial charge in [0.25, 0.3) is 0 Å². The Morgan fingerprint density at radius 3 is 1.21 bits per heavy atom. The number of H-pyrrole nitrogens is 4. The number of aromatic amines is 4. The maximum atomic E-state index is 13.5. The van der Waals surface area contributed by atoms with E-state index in [4.69, 9.17) is 71.2 Å². The van der Waals surface area contributed by atoms with E-state index in [-0.39, 0.29) is 46.1 Å². The lowest BCUT2D eigenvalue weighted by atomic mass is 9.81. The van der Waals surface area contributed by atoms with Gasteiger partial charge in [-0.2, -0.15) is 18.4 Å². The Balaban J connectivity index is 0.000000114. The third-order valence-corrected chi connectivity index (χ3v) is 22.6. The predicted octanol–water partition coefficient (Wildman–Crippen LogP) is 17.5. The zero-order valence-corrected chi connectivity index (χ0v) is 64.4. The molecular formula is C86H68Cl2F3N21O8. The molecule has 0 spiro atoms. The number of anilines is 4. The molecule has 0 bridgehead atoms. The predicted molar refractivity (Wildman–Crippen MR) is 448 cm³/mol. The number of fused-ring (bicyclic) bond motifs is 8. The molecule has 0 amide bonds. The second-order valence-electron chi connectivity index (χ2n) is 29.2. The highest BCUT2D eigenvalue weighted by Gasteiger charge is 2.36. The van der Waals surface area contributed by atoms with E-state index in [0.717, 1.165) is 85.6 Å². The lowest BCUT2D eigenvalue weighted by molar-refractivity contribution is -0.143. The number of nitrogen functional groups attached to an aromatic ring is 4. The van der Waals surface area contributed by atoms with Gasteiger partial charge in [-0.3, -0.25) is 27.2 Å². The number of aliphatic carboxylic acids is 2. The van der Waals surface area contributed by atoms with Crippen molar-refractivity contribution in [1.29, 1.82) is 5.26 Å². The van der Waals surface area contributed by atoms with Crippen molar-refractivity contribution in [3.05, 3.63) is 239 Å². The third kappa shape index (κ3) is 14.3. The molecule has 2 fully saturated rings. The largest absolute Gasteiger partial charge is 0.481 e. The standard InChI is InChI=1S/C22H20F3N5O2.C22H20N6O2.2C21H14ClN5O2/c23-22(24,25)14-3-1-2-13-10-15(28-16(13)14)17-18-19(26)27-8-9-30(18)20(29-17)11-4-6-12(7-5-11)21(31)32;23-11-15-3-1-2-14-10-16(26-17(14)15)18-19-20(24)25-8-9-28(19)21(27-18)12-4-6-13(7-5-12)22(29)30;22-14-6-2-3-11-10-15(25-16(11)14)17-18-19(23)24-7-8-27(18)20(26-17)12-4-1-5-13(9-12)21(28)29;22-14-3-1-2-13-10-15(25-16(13)14)17-18-19(23)24-8-9-27(18)20(26-17)11-4-6-12(7-5-11)21(28)29/h1-3,8-12,28H,4-7H2,(H2,26,27)(H,31,32);1-3,8-10,12-13,26H,4-7H2,(H2,24,25)(H,29,30);2*1-10,25H,(H2,23,24)(H,28,29). The zero-order valence-electron chi connectivity index (χ0n) is 62.9. The van der Waals surface area contributed by atoms with E-state index in [1.54, 1.807) is 98.0 Å². The molecule has 29 nitrogen and oxygen atoms in total. The van der Waals surface area contributed by atoms with Gasteiger partial charge in [-0.05, 0) is 124 Å². The summed E-state index contributed by atoms with van der Waals surface area (Å²) >= 11 is 12.6. The molecule has 2 aliphatic carbocycles. The summed E-state index contributed by atoms with van der Waals surface area (Å²) in [7, 11) is 0. The number of carbonyl (C=O) groups is 4. The Morgan fingerprint density at radius 1 is 0.425 bits per heavy atom. The van der Waals surface area contributed by atoms with E-state index in [9.17, 15) is 52.9 Å². The van der Waals surface area contributed by atoms with E-state index in [0.29, 0.717) is 145 Å². The molecular weight excluding hydrogens is 1580 g/mol. The number of aromatic nitrogens is 16. The number of carboxylic acids is 4. The first-order chi connectivity index (χ1) is 57.8. The third-order valence-electron chi connectivity index (χ3n) is 22.0. The summed E-state index contributed by atoms with van der Waals surface area (Å²) in [6, 6.07) is 43.8. The van der Waals surface area contributed by atoms with E-state index in [2.05, 4.69) is 45.9 Å². The molecule has 16 N–H and O–H groups in total. The summed E-state index contributed by atoms with van der Waals surface area (Å²) in [5.74, 6) is 0.0799. The molecule has 12 aromatic heterocycles. The number of para-hydroxylation sites is 4. The van der Waals surface area contributed by atoms with Crippen LogP contribution in [0.2, 0.25) is 10.0 Å². The van der Waals surface area contributed by atoms with Crippen LogP contribution in [0.4, 0.5) is 36.4 Å². The Hall–Kier alpha value is -15.1. The average molecular weight is 1650 g/mol. The van der Waals surface area contributed by atoms with Crippen LogP contribution in [-0.2, 0) is 15.8 Å². The van der Waals surface area contributed by atoms with Gasteiger partial charge in [-0.15, -0.1) is 0 Å². The Labute approximate surface area is 685 Å². The fourth-order valence-corrected chi connectivity index (χ4v) is 16.6. The summed E-state index contributed by atoms with van der Waals surface area (Å²) in [4.78, 5) is 94.1. The second-order valence-corrected chi connectivity index (χ2v) is 30.0. The first-order valence-electron chi connectivity index (χ1n) is 37.8. The minimum Gasteiger partial charge on any atom is -0.481 e. The molecule has 2 aliphatic rings. The van der Waals surface area contributed by atoms with Gasteiger partial charge in [-0.1, -0.05) is 96.0 Å². The van der Waals surface area contributed by atoms with Gasteiger partial charge in [0.15, 0.2) is 0 Å². The van der Waals surface area contributed by atoms with Gasteiger partial charge in [-0.25, -0.2) is 49.5 Å². The van der Waals surface area contributed by atoms with Crippen molar-refractivity contribution in [2.24, 2.45) is 11.8 Å². The monoisotopic (exact) mass is 1650 g/mol. The zero-order chi connectivity index (χ0) is 83.7. The summed E-state index contributed by atoms with van der Waals surface area (Å²) < 4.78 is 47.9. The number of carboxylic acid groups (broad SMARTS) is 4. The average Bonchev–Trinajstić information content (AvgIpc) is 1.61. The molecule has 0 radical (unpaired) electrons.